The molecule has 0 N–H and O–H groups in total. The van der Waals surface area contributed by atoms with E-state index in [1.807, 2.05) is 6.92 Å². The van der Waals surface area contributed by atoms with Crippen molar-refractivity contribution in [1.82, 2.24) is 14.9 Å². The maximum absolute atomic E-state index is 4.43. The minimum Gasteiger partial charge on any atom is -0.372 e. The second-order valence-corrected chi connectivity index (χ2v) is 5.12. The second-order valence-electron chi connectivity index (χ2n) is 5.12. The predicted octanol–water partition coefficient (Wildman–Crippen LogP) is 2.54. The summed E-state index contributed by atoms with van der Waals surface area (Å²) in [6.07, 6.45) is 7.14. The molecule has 0 bridgehead atoms. The Morgan fingerprint density at radius 1 is 1.00 bits per heavy atom. The van der Waals surface area contributed by atoms with E-state index in [4.69, 9.17) is 0 Å². The van der Waals surface area contributed by atoms with Gasteiger partial charge in [-0.15, -0.1) is 10.2 Å². The van der Waals surface area contributed by atoms with E-state index in [1.54, 1.807) is 17.3 Å². The molecule has 1 fully saturated rings. The van der Waals surface area contributed by atoms with Crippen LogP contribution in [0.2, 0.25) is 0 Å². The highest BCUT2D eigenvalue weighted by Crippen LogP contribution is 2.20. The fourth-order valence-corrected chi connectivity index (χ4v) is 2.54. The van der Waals surface area contributed by atoms with Gasteiger partial charge in [-0.25, -0.2) is 4.68 Å². The summed E-state index contributed by atoms with van der Waals surface area (Å²) in [6, 6.07) is 8.64. The highest BCUT2D eigenvalue weighted by atomic mass is 15.4. The molecule has 0 radical (unpaired) electrons. The van der Waals surface area contributed by atoms with Gasteiger partial charge < -0.3 is 4.90 Å². The molecule has 104 valence electrons. The number of aromatic nitrogens is 3. The van der Waals surface area contributed by atoms with Crippen molar-refractivity contribution >= 4 is 11.4 Å². The van der Waals surface area contributed by atoms with Crippen molar-refractivity contribution in [3.63, 3.8) is 0 Å². The maximum atomic E-state index is 4.43. The van der Waals surface area contributed by atoms with Gasteiger partial charge in [-0.05, 0) is 43.9 Å². The Morgan fingerprint density at radius 3 is 2.30 bits per heavy atom. The molecule has 0 atom stereocenters. The zero-order chi connectivity index (χ0) is 13.8. The van der Waals surface area contributed by atoms with Gasteiger partial charge in [-0.1, -0.05) is 12.1 Å². The lowest BCUT2D eigenvalue weighted by Crippen LogP contribution is -2.29. The zero-order valence-corrected chi connectivity index (χ0v) is 11.7. The van der Waals surface area contributed by atoms with Crippen LogP contribution in [0.15, 0.2) is 42.0 Å². The molecule has 2 heterocycles. The number of anilines is 1. The highest BCUT2D eigenvalue weighted by molar-refractivity contribution is 5.98. The van der Waals surface area contributed by atoms with E-state index in [9.17, 15) is 0 Å². The van der Waals surface area contributed by atoms with E-state index in [0.717, 1.165) is 11.3 Å². The lowest BCUT2D eigenvalue weighted by Gasteiger charge is -2.28. The van der Waals surface area contributed by atoms with Crippen LogP contribution < -0.4 is 4.90 Å². The summed E-state index contributed by atoms with van der Waals surface area (Å²) < 4.78 is 1.62. The third-order valence-corrected chi connectivity index (χ3v) is 3.68. The second kappa shape index (κ2) is 5.86. The highest BCUT2D eigenvalue weighted by Gasteiger charge is 2.10. The van der Waals surface area contributed by atoms with Gasteiger partial charge in [-0.3, -0.25) is 0 Å². The molecule has 0 amide bonds. The summed E-state index contributed by atoms with van der Waals surface area (Å²) in [6.45, 7) is 4.34. The first kappa shape index (κ1) is 12.8. The summed E-state index contributed by atoms with van der Waals surface area (Å²) in [7, 11) is 0. The van der Waals surface area contributed by atoms with Crippen molar-refractivity contribution in [2.24, 2.45) is 5.10 Å². The zero-order valence-electron chi connectivity index (χ0n) is 11.7. The molecule has 0 aliphatic carbocycles. The molecule has 1 aliphatic rings. The largest absolute Gasteiger partial charge is 0.372 e. The van der Waals surface area contributed by atoms with Crippen LogP contribution in [0.5, 0.6) is 0 Å². The molecule has 0 saturated carbocycles. The quantitative estimate of drug-likeness (QED) is 0.804. The number of benzene rings is 1. The Kier molecular flexibility index (Phi) is 3.76. The molecule has 0 unspecified atom stereocenters. The van der Waals surface area contributed by atoms with Crippen molar-refractivity contribution in [1.29, 1.82) is 0 Å². The van der Waals surface area contributed by atoms with Crippen LogP contribution in [-0.2, 0) is 0 Å². The van der Waals surface area contributed by atoms with Crippen LogP contribution in [0.4, 0.5) is 5.69 Å². The lowest BCUT2D eigenvalue weighted by atomic mass is 10.1. The first-order valence-electron chi connectivity index (χ1n) is 7.08. The molecule has 1 aliphatic heterocycles. The Bertz CT molecular complexity index is 565. The number of hydrogen-bond donors (Lipinski definition) is 0. The smallest absolute Gasteiger partial charge is 0.141 e. The number of piperidine rings is 1. The molecule has 5 nitrogen and oxygen atoms in total. The average molecular weight is 269 g/mol. The monoisotopic (exact) mass is 269 g/mol. The van der Waals surface area contributed by atoms with Crippen LogP contribution in [0.1, 0.15) is 31.7 Å². The first-order valence-corrected chi connectivity index (χ1v) is 7.08. The van der Waals surface area contributed by atoms with Gasteiger partial charge in [0.2, 0.25) is 0 Å². The molecular weight excluding hydrogens is 250 g/mol. The summed E-state index contributed by atoms with van der Waals surface area (Å²) in [5, 5.41) is 11.9. The molecular formula is C15H19N5. The fraction of sp³-hybridized carbons (Fsp3) is 0.400. The van der Waals surface area contributed by atoms with Crippen molar-refractivity contribution in [2.75, 3.05) is 18.0 Å². The Morgan fingerprint density at radius 2 is 1.65 bits per heavy atom. The third kappa shape index (κ3) is 2.87. The van der Waals surface area contributed by atoms with E-state index in [1.165, 1.54) is 38.0 Å². The van der Waals surface area contributed by atoms with E-state index in [0.29, 0.717) is 0 Å². The Labute approximate surface area is 118 Å². The van der Waals surface area contributed by atoms with Crippen LogP contribution in [0, 0.1) is 0 Å². The van der Waals surface area contributed by atoms with Gasteiger partial charge in [0.15, 0.2) is 0 Å². The Balaban J connectivity index is 1.75. The topological polar surface area (TPSA) is 46.3 Å². The van der Waals surface area contributed by atoms with Gasteiger partial charge in [0, 0.05) is 18.8 Å². The van der Waals surface area contributed by atoms with Crippen molar-refractivity contribution in [3.8, 4) is 0 Å². The first-order chi connectivity index (χ1) is 9.83. The van der Waals surface area contributed by atoms with Crippen LogP contribution >= 0.6 is 0 Å². The molecule has 1 saturated heterocycles. The van der Waals surface area contributed by atoms with E-state index in [-0.39, 0.29) is 0 Å². The summed E-state index contributed by atoms with van der Waals surface area (Å²) in [5.74, 6) is 0. The van der Waals surface area contributed by atoms with Crippen molar-refractivity contribution < 1.29 is 0 Å². The van der Waals surface area contributed by atoms with Crippen LogP contribution in [0.3, 0.4) is 0 Å². The SMILES string of the molecule is CC(=Nn1cnnc1)c1ccc(N2CCCCC2)cc1. The van der Waals surface area contributed by atoms with E-state index < -0.39 is 0 Å². The fourth-order valence-electron chi connectivity index (χ4n) is 2.54. The van der Waals surface area contributed by atoms with Gasteiger partial charge in [-0.2, -0.15) is 5.10 Å². The van der Waals surface area contributed by atoms with Gasteiger partial charge in [0.1, 0.15) is 12.7 Å². The number of rotatable bonds is 3. The van der Waals surface area contributed by atoms with Crippen LogP contribution in [-0.4, -0.2) is 33.7 Å². The number of nitrogens with zero attached hydrogens (tertiary/aromatic N) is 5. The normalized spacial score (nSPS) is 16.4. The molecule has 20 heavy (non-hydrogen) atoms. The minimum absolute atomic E-state index is 0.954. The van der Waals surface area contributed by atoms with Gasteiger partial charge in [0.05, 0.1) is 5.71 Å². The van der Waals surface area contributed by atoms with Crippen molar-refractivity contribution in [3.05, 3.63) is 42.5 Å². The van der Waals surface area contributed by atoms with E-state index in [2.05, 4.69) is 44.5 Å². The van der Waals surface area contributed by atoms with E-state index >= 15 is 0 Å². The molecule has 1 aromatic heterocycles. The van der Waals surface area contributed by atoms with Gasteiger partial charge in [0.25, 0.3) is 0 Å². The summed E-state index contributed by atoms with van der Waals surface area (Å²) >= 11 is 0. The molecule has 1 aromatic carbocycles. The third-order valence-electron chi connectivity index (χ3n) is 3.68. The summed E-state index contributed by atoms with van der Waals surface area (Å²) in [5.41, 5.74) is 3.39. The molecule has 5 heteroatoms. The minimum atomic E-state index is 0.954. The lowest BCUT2D eigenvalue weighted by molar-refractivity contribution is 0.578. The maximum Gasteiger partial charge on any atom is 0.141 e. The molecule has 2 aromatic rings. The standard InChI is InChI=1S/C15H19N5/c1-13(18-20-11-16-17-12-20)14-5-7-15(8-6-14)19-9-3-2-4-10-19/h5-8,11-12H,2-4,9-10H2,1H3. The Hall–Kier alpha value is -2.17. The molecule has 0 spiro atoms. The summed E-state index contributed by atoms with van der Waals surface area (Å²) in [4.78, 5) is 2.46. The van der Waals surface area contributed by atoms with Crippen molar-refractivity contribution in [2.45, 2.75) is 26.2 Å². The van der Waals surface area contributed by atoms with Crippen LogP contribution in [0.25, 0.3) is 0 Å². The molecule has 3 rings (SSSR count). The number of hydrogen-bond acceptors (Lipinski definition) is 4. The van der Waals surface area contributed by atoms with Gasteiger partial charge >= 0.3 is 0 Å². The predicted molar refractivity (Wildman–Crippen MR) is 80.1 cm³/mol. The average Bonchev–Trinajstić information content (AvgIpc) is 3.01.